The van der Waals surface area contributed by atoms with E-state index in [-0.39, 0.29) is 12.2 Å². The van der Waals surface area contributed by atoms with Crippen molar-refractivity contribution in [3.05, 3.63) is 33.8 Å². The number of nitrogens with one attached hydrogen (secondary N) is 1. The Morgan fingerprint density at radius 3 is 2.83 bits per heavy atom. The molecule has 1 aromatic carbocycles. The number of carbonyl (C=O) groups excluding carboxylic acids is 1. The average Bonchev–Trinajstić information content (AvgIpc) is 2.60. The van der Waals surface area contributed by atoms with Crippen LogP contribution in [0.4, 0.5) is 0 Å². The van der Waals surface area contributed by atoms with Crippen molar-refractivity contribution < 1.29 is 14.3 Å². The van der Waals surface area contributed by atoms with Gasteiger partial charge in [0, 0.05) is 13.2 Å². The van der Waals surface area contributed by atoms with Crippen LogP contribution in [0.3, 0.4) is 0 Å². The minimum atomic E-state index is -0.610. The van der Waals surface area contributed by atoms with Gasteiger partial charge in [-0.1, -0.05) is 29.3 Å². The van der Waals surface area contributed by atoms with Crippen LogP contribution < -0.4 is 5.32 Å². The molecule has 0 saturated carbocycles. The van der Waals surface area contributed by atoms with Crippen molar-refractivity contribution in [2.75, 3.05) is 19.8 Å². The van der Waals surface area contributed by atoms with E-state index < -0.39 is 5.41 Å². The lowest BCUT2D eigenvalue weighted by Crippen LogP contribution is -2.49. The van der Waals surface area contributed by atoms with E-state index in [0.717, 1.165) is 44.3 Å². The minimum absolute atomic E-state index is 0.0419. The van der Waals surface area contributed by atoms with Gasteiger partial charge in [0.05, 0.1) is 22.1 Å². The predicted octanol–water partition coefficient (Wildman–Crippen LogP) is 4.07. The Morgan fingerprint density at radius 1 is 1.25 bits per heavy atom. The number of carbonyl (C=O) groups is 1. The molecule has 1 aromatic rings. The summed E-state index contributed by atoms with van der Waals surface area (Å²) in [5.74, 6) is 0.0419. The Bertz CT molecular complexity index is 590. The zero-order valence-electron chi connectivity index (χ0n) is 13.7. The minimum Gasteiger partial charge on any atom is -0.355 e. The third-order valence-electron chi connectivity index (χ3n) is 4.94. The summed E-state index contributed by atoms with van der Waals surface area (Å²) in [6.07, 6.45) is 5.33. The number of amides is 1. The van der Waals surface area contributed by atoms with Gasteiger partial charge in [0.15, 0.2) is 6.29 Å². The number of hydrogen-bond acceptors (Lipinski definition) is 3. The summed E-state index contributed by atoms with van der Waals surface area (Å²) in [4.78, 5) is 12.7. The van der Waals surface area contributed by atoms with E-state index in [2.05, 4.69) is 5.32 Å². The summed E-state index contributed by atoms with van der Waals surface area (Å²) < 4.78 is 11.5. The highest BCUT2D eigenvalue weighted by Crippen LogP contribution is 2.38. The van der Waals surface area contributed by atoms with Crippen LogP contribution in [-0.4, -0.2) is 32.0 Å². The first-order valence-electron chi connectivity index (χ1n) is 8.59. The molecule has 0 bridgehead atoms. The molecule has 3 rings (SSSR count). The zero-order valence-corrected chi connectivity index (χ0v) is 15.2. The summed E-state index contributed by atoms with van der Waals surface area (Å²) in [6.45, 7) is 1.95. The SMILES string of the molecule is O=C1NCCCC1(CCOC1CCCCO1)c1ccc(Cl)c(Cl)c1. The maximum Gasteiger partial charge on any atom is 0.230 e. The van der Waals surface area contributed by atoms with Crippen LogP contribution in [0.25, 0.3) is 0 Å². The van der Waals surface area contributed by atoms with Crippen LogP contribution in [0.2, 0.25) is 10.0 Å². The molecule has 1 amide bonds. The lowest BCUT2D eigenvalue weighted by atomic mass is 9.72. The summed E-state index contributed by atoms with van der Waals surface area (Å²) in [5.41, 5.74) is 0.295. The average molecular weight is 372 g/mol. The van der Waals surface area contributed by atoms with Crippen molar-refractivity contribution in [3.63, 3.8) is 0 Å². The monoisotopic (exact) mass is 371 g/mol. The Hall–Kier alpha value is -0.810. The highest BCUT2D eigenvalue weighted by Gasteiger charge is 2.42. The fourth-order valence-electron chi connectivity index (χ4n) is 3.53. The van der Waals surface area contributed by atoms with Gasteiger partial charge in [0.2, 0.25) is 5.91 Å². The van der Waals surface area contributed by atoms with E-state index in [1.807, 2.05) is 12.1 Å². The molecule has 2 unspecified atom stereocenters. The topological polar surface area (TPSA) is 47.6 Å². The molecule has 0 spiro atoms. The van der Waals surface area contributed by atoms with E-state index in [1.54, 1.807) is 6.07 Å². The summed E-state index contributed by atoms with van der Waals surface area (Å²) in [6, 6.07) is 5.47. The fraction of sp³-hybridized carbons (Fsp3) is 0.611. The van der Waals surface area contributed by atoms with Gasteiger partial charge < -0.3 is 14.8 Å². The van der Waals surface area contributed by atoms with Crippen LogP contribution in [0, 0.1) is 0 Å². The Labute approximate surface area is 152 Å². The van der Waals surface area contributed by atoms with Gasteiger partial charge in [0.25, 0.3) is 0 Å². The van der Waals surface area contributed by atoms with Gasteiger partial charge in [-0.3, -0.25) is 4.79 Å². The summed E-state index contributed by atoms with van der Waals surface area (Å²) in [7, 11) is 0. The molecule has 2 heterocycles. The number of hydrogen-bond donors (Lipinski definition) is 1. The number of piperidine rings is 1. The lowest BCUT2D eigenvalue weighted by molar-refractivity contribution is -0.166. The van der Waals surface area contributed by atoms with Crippen LogP contribution in [0.1, 0.15) is 44.1 Å². The van der Waals surface area contributed by atoms with Gasteiger partial charge in [0.1, 0.15) is 0 Å². The van der Waals surface area contributed by atoms with Crippen molar-refractivity contribution in [3.8, 4) is 0 Å². The molecule has 4 nitrogen and oxygen atoms in total. The molecule has 0 aliphatic carbocycles. The second-order valence-electron chi connectivity index (χ2n) is 6.49. The summed E-state index contributed by atoms with van der Waals surface area (Å²) in [5, 5.41) is 3.97. The van der Waals surface area contributed by atoms with Gasteiger partial charge >= 0.3 is 0 Å². The first kappa shape index (κ1) is 18.0. The van der Waals surface area contributed by atoms with Gasteiger partial charge in [-0.2, -0.15) is 0 Å². The number of ether oxygens (including phenoxy) is 2. The molecule has 2 saturated heterocycles. The molecule has 6 heteroatoms. The highest BCUT2D eigenvalue weighted by molar-refractivity contribution is 6.42. The smallest absolute Gasteiger partial charge is 0.230 e. The summed E-state index contributed by atoms with van der Waals surface area (Å²) >= 11 is 12.2. The molecular weight excluding hydrogens is 349 g/mol. The normalized spacial score (nSPS) is 27.8. The van der Waals surface area contributed by atoms with E-state index in [4.69, 9.17) is 32.7 Å². The second kappa shape index (κ2) is 8.05. The predicted molar refractivity (Wildman–Crippen MR) is 94.5 cm³/mol. The molecule has 2 fully saturated rings. The Morgan fingerprint density at radius 2 is 2.12 bits per heavy atom. The zero-order chi connectivity index (χ0) is 17.0. The first-order valence-corrected chi connectivity index (χ1v) is 9.34. The van der Waals surface area contributed by atoms with E-state index in [1.165, 1.54) is 0 Å². The maximum atomic E-state index is 12.7. The molecule has 1 N–H and O–H groups in total. The van der Waals surface area contributed by atoms with Crippen molar-refractivity contribution >= 4 is 29.1 Å². The quantitative estimate of drug-likeness (QED) is 0.848. The number of halogens is 2. The van der Waals surface area contributed by atoms with Crippen LogP contribution in [0.15, 0.2) is 18.2 Å². The van der Waals surface area contributed by atoms with Gasteiger partial charge in [-0.15, -0.1) is 0 Å². The molecule has 24 heavy (non-hydrogen) atoms. The molecule has 2 aliphatic rings. The fourth-order valence-corrected chi connectivity index (χ4v) is 3.83. The van der Waals surface area contributed by atoms with Crippen molar-refractivity contribution in [1.29, 1.82) is 0 Å². The third kappa shape index (κ3) is 3.88. The van der Waals surface area contributed by atoms with Crippen LogP contribution in [0.5, 0.6) is 0 Å². The number of rotatable bonds is 5. The molecular formula is C18H23Cl2NO3. The largest absolute Gasteiger partial charge is 0.355 e. The Balaban J connectivity index is 1.75. The molecule has 0 aromatic heterocycles. The third-order valence-corrected chi connectivity index (χ3v) is 5.68. The molecule has 2 atom stereocenters. The molecule has 132 valence electrons. The standard InChI is InChI=1S/C18H23Cl2NO3/c19-14-6-5-13(12-15(14)20)18(7-3-9-21-17(18)22)8-11-24-16-4-1-2-10-23-16/h5-6,12,16H,1-4,7-11H2,(H,21,22). The molecule has 2 aliphatic heterocycles. The van der Waals surface area contributed by atoms with Gasteiger partial charge in [-0.05, 0) is 56.2 Å². The Kier molecular flexibility index (Phi) is 6.03. The highest BCUT2D eigenvalue weighted by atomic mass is 35.5. The van der Waals surface area contributed by atoms with Crippen molar-refractivity contribution in [2.45, 2.75) is 50.2 Å². The van der Waals surface area contributed by atoms with Crippen molar-refractivity contribution in [1.82, 2.24) is 5.32 Å². The van der Waals surface area contributed by atoms with Crippen LogP contribution in [-0.2, 0) is 19.7 Å². The van der Waals surface area contributed by atoms with E-state index in [0.29, 0.717) is 29.6 Å². The van der Waals surface area contributed by atoms with E-state index in [9.17, 15) is 4.79 Å². The second-order valence-corrected chi connectivity index (χ2v) is 7.30. The van der Waals surface area contributed by atoms with Gasteiger partial charge in [-0.25, -0.2) is 0 Å². The lowest BCUT2D eigenvalue weighted by Gasteiger charge is -2.37. The number of benzene rings is 1. The maximum absolute atomic E-state index is 12.7. The van der Waals surface area contributed by atoms with E-state index >= 15 is 0 Å². The first-order chi connectivity index (χ1) is 11.6. The molecule has 0 radical (unpaired) electrons. The van der Waals surface area contributed by atoms with Crippen LogP contribution >= 0.6 is 23.2 Å². The van der Waals surface area contributed by atoms with Crippen molar-refractivity contribution in [2.24, 2.45) is 0 Å².